The summed E-state index contributed by atoms with van der Waals surface area (Å²) in [4.78, 5) is 30.3. The number of carbonyl (C=O) groups excluding carboxylic acids is 1. The lowest BCUT2D eigenvalue weighted by atomic mass is 10.3. The van der Waals surface area contributed by atoms with Crippen molar-refractivity contribution < 1.29 is 14.7 Å². The number of nitrogens with one attached hydrogen (secondary N) is 3. The molecule has 8 nitrogen and oxygen atoms in total. The summed E-state index contributed by atoms with van der Waals surface area (Å²) in [6.45, 7) is 2.52. The first-order valence-corrected chi connectivity index (χ1v) is 9.75. The maximum atomic E-state index is 12.0. The van der Waals surface area contributed by atoms with Crippen molar-refractivity contribution in [3.8, 4) is 0 Å². The van der Waals surface area contributed by atoms with Crippen LogP contribution >= 0.6 is 23.3 Å². The van der Waals surface area contributed by atoms with Gasteiger partial charge in [-0.3, -0.25) is 5.32 Å². The largest absolute Gasteiger partial charge is 0.477 e. The maximum Gasteiger partial charge on any atom is 0.341 e. The fourth-order valence-electron chi connectivity index (χ4n) is 2.05. The van der Waals surface area contributed by atoms with E-state index in [2.05, 4.69) is 31.9 Å². The van der Waals surface area contributed by atoms with Gasteiger partial charge < -0.3 is 15.4 Å². The van der Waals surface area contributed by atoms with Gasteiger partial charge in [0.05, 0.1) is 6.33 Å². The minimum Gasteiger partial charge on any atom is -0.477 e. The standard InChI is InChI=1S/C15H21N5O3S2/c1-2-3-4-7-24-13-11(14(21)22)12(25-20-13)19-15(23)17-6-5-10-8-16-9-18-10/h8-9H,2-7H2,1H3,(H,16,18)(H,21,22)(H2,17,19,23). The molecule has 0 atom stereocenters. The molecule has 10 heteroatoms. The number of aromatic amines is 1. The van der Waals surface area contributed by atoms with Gasteiger partial charge in [0.1, 0.15) is 15.6 Å². The number of hydrogen-bond acceptors (Lipinski definition) is 6. The number of imidazole rings is 1. The van der Waals surface area contributed by atoms with Crippen molar-refractivity contribution >= 4 is 40.3 Å². The van der Waals surface area contributed by atoms with Crippen LogP contribution in [0.2, 0.25) is 0 Å². The number of aromatic carboxylic acids is 1. The Morgan fingerprint density at radius 3 is 2.92 bits per heavy atom. The predicted molar refractivity (Wildman–Crippen MR) is 98.6 cm³/mol. The molecule has 0 radical (unpaired) electrons. The van der Waals surface area contributed by atoms with E-state index < -0.39 is 12.0 Å². The molecule has 0 bridgehead atoms. The van der Waals surface area contributed by atoms with Gasteiger partial charge in [0.15, 0.2) is 0 Å². The van der Waals surface area contributed by atoms with Gasteiger partial charge in [0.2, 0.25) is 0 Å². The van der Waals surface area contributed by atoms with Gasteiger partial charge in [-0.1, -0.05) is 19.8 Å². The summed E-state index contributed by atoms with van der Waals surface area (Å²) in [6.07, 6.45) is 7.09. The topological polar surface area (TPSA) is 120 Å². The van der Waals surface area contributed by atoms with Gasteiger partial charge in [0.25, 0.3) is 0 Å². The minimum atomic E-state index is -1.08. The lowest BCUT2D eigenvalue weighted by Crippen LogP contribution is -2.30. The van der Waals surface area contributed by atoms with Crippen LogP contribution in [0.15, 0.2) is 17.6 Å². The van der Waals surface area contributed by atoms with Gasteiger partial charge in [-0.05, 0) is 23.7 Å². The van der Waals surface area contributed by atoms with Crippen LogP contribution in [0.3, 0.4) is 0 Å². The minimum absolute atomic E-state index is 0.0650. The molecule has 0 saturated carbocycles. The number of carboxylic acid groups (broad SMARTS) is 1. The lowest BCUT2D eigenvalue weighted by Gasteiger charge is -2.06. The predicted octanol–water partition coefficient (Wildman–Crippen LogP) is 3.21. The summed E-state index contributed by atoms with van der Waals surface area (Å²) < 4.78 is 4.18. The van der Waals surface area contributed by atoms with E-state index >= 15 is 0 Å². The van der Waals surface area contributed by atoms with Crippen LogP contribution in [0.1, 0.15) is 42.2 Å². The molecule has 2 aromatic rings. The summed E-state index contributed by atoms with van der Waals surface area (Å²) in [5, 5.41) is 15.4. The second-order valence-corrected chi connectivity index (χ2v) is 7.12. The van der Waals surface area contributed by atoms with Gasteiger partial charge in [-0.25, -0.2) is 14.6 Å². The van der Waals surface area contributed by atoms with Crippen molar-refractivity contribution in [1.29, 1.82) is 0 Å². The molecule has 0 spiro atoms. The molecule has 2 rings (SSSR count). The molecule has 2 aromatic heterocycles. The number of aromatic nitrogens is 3. The summed E-state index contributed by atoms with van der Waals surface area (Å²) in [6, 6.07) is -0.451. The number of urea groups is 1. The van der Waals surface area contributed by atoms with Crippen LogP contribution in [0.25, 0.3) is 0 Å². The van der Waals surface area contributed by atoms with Crippen LogP contribution in [-0.4, -0.2) is 43.7 Å². The lowest BCUT2D eigenvalue weighted by molar-refractivity contribution is 0.0694. The van der Waals surface area contributed by atoms with E-state index in [0.717, 1.165) is 42.2 Å². The third kappa shape index (κ3) is 6.05. The maximum absolute atomic E-state index is 12.0. The zero-order valence-corrected chi connectivity index (χ0v) is 15.5. The highest BCUT2D eigenvalue weighted by Crippen LogP contribution is 2.32. The van der Waals surface area contributed by atoms with Crippen LogP contribution in [-0.2, 0) is 6.42 Å². The molecular formula is C15H21N5O3S2. The van der Waals surface area contributed by atoms with Gasteiger partial charge in [0, 0.05) is 24.9 Å². The summed E-state index contributed by atoms with van der Waals surface area (Å²) >= 11 is 2.40. The number of carbonyl (C=O) groups is 2. The Bertz CT molecular complexity index is 687. The quantitative estimate of drug-likeness (QED) is 0.369. The highest BCUT2D eigenvalue weighted by molar-refractivity contribution is 7.99. The van der Waals surface area contributed by atoms with Crippen molar-refractivity contribution in [2.24, 2.45) is 0 Å². The molecule has 0 aliphatic heterocycles. The van der Waals surface area contributed by atoms with Gasteiger partial charge >= 0.3 is 12.0 Å². The Balaban J connectivity index is 1.88. The number of carboxylic acids is 1. The SMILES string of the molecule is CCCCCSc1nsc(NC(=O)NCCc2cnc[nH]2)c1C(=O)O. The zero-order chi connectivity index (χ0) is 18.1. The van der Waals surface area contributed by atoms with Crippen molar-refractivity contribution in [2.75, 3.05) is 17.6 Å². The second kappa shape index (κ2) is 10.0. The summed E-state index contributed by atoms with van der Waals surface area (Å²) in [5.74, 6) is -0.271. The molecule has 0 aromatic carbocycles. The monoisotopic (exact) mass is 383 g/mol. The fraction of sp³-hybridized carbons (Fsp3) is 0.467. The molecular weight excluding hydrogens is 362 g/mol. The average molecular weight is 383 g/mol. The fourth-order valence-corrected chi connectivity index (χ4v) is 3.99. The van der Waals surface area contributed by atoms with Crippen molar-refractivity contribution in [3.63, 3.8) is 0 Å². The van der Waals surface area contributed by atoms with Crippen LogP contribution in [0.4, 0.5) is 9.80 Å². The second-order valence-electron chi connectivity index (χ2n) is 5.26. The summed E-state index contributed by atoms with van der Waals surface area (Å²) in [7, 11) is 0. The number of nitrogens with zero attached hydrogens (tertiary/aromatic N) is 2. The average Bonchev–Trinajstić information content (AvgIpc) is 3.21. The highest BCUT2D eigenvalue weighted by Gasteiger charge is 2.22. The Morgan fingerprint density at radius 2 is 2.24 bits per heavy atom. The number of rotatable bonds is 10. The first kappa shape index (κ1) is 19.3. The zero-order valence-electron chi connectivity index (χ0n) is 13.9. The number of H-pyrrole nitrogens is 1. The van der Waals surface area contributed by atoms with E-state index in [1.165, 1.54) is 11.8 Å². The Morgan fingerprint density at radius 1 is 1.40 bits per heavy atom. The van der Waals surface area contributed by atoms with E-state index in [1.54, 1.807) is 12.5 Å². The Labute approximate surface area is 154 Å². The number of unbranched alkanes of at least 4 members (excludes halogenated alkanes) is 2. The van der Waals surface area contributed by atoms with Crippen molar-refractivity contribution in [2.45, 2.75) is 37.6 Å². The van der Waals surface area contributed by atoms with E-state index in [-0.39, 0.29) is 10.6 Å². The van der Waals surface area contributed by atoms with Crippen LogP contribution < -0.4 is 10.6 Å². The first-order valence-electron chi connectivity index (χ1n) is 7.99. The Hall–Kier alpha value is -2.07. The number of hydrogen-bond donors (Lipinski definition) is 4. The van der Waals surface area contributed by atoms with E-state index in [9.17, 15) is 14.7 Å². The van der Waals surface area contributed by atoms with Crippen LogP contribution in [0, 0.1) is 0 Å². The smallest absolute Gasteiger partial charge is 0.341 e. The van der Waals surface area contributed by atoms with E-state index in [1.807, 2.05) is 0 Å². The molecule has 0 unspecified atom stereocenters. The van der Waals surface area contributed by atoms with Crippen molar-refractivity contribution in [1.82, 2.24) is 19.7 Å². The van der Waals surface area contributed by atoms with E-state index in [0.29, 0.717) is 18.0 Å². The molecule has 0 saturated heterocycles. The highest BCUT2D eigenvalue weighted by atomic mass is 32.2. The molecule has 0 fully saturated rings. The molecule has 0 aliphatic rings. The van der Waals surface area contributed by atoms with E-state index in [4.69, 9.17) is 0 Å². The van der Waals surface area contributed by atoms with Gasteiger partial charge in [-0.15, -0.1) is 11.8 Å². The van der Waals surface area contributed by atoms with Gasteiger partial charge in [-0.2, -0.15) is 4.37 Å². The molecule has 0 aliphatic carbocycles. The van der Waals surface area contributed by atoms with Crippen LogP contribution in [0.5, 0.6) is 0 Å². The first-order chi connectivity index (χ1) is 12.1. The molecule has 136 valence electrons. The molecule has 25 heavy (non-hydrogen) atoms. The Kier molecular flexibility index (Phi) is 7.74. The molecule has 2 amide bonds. The van der Waals surface area contributed by atoms with Crippen molar-refractivity contribution in [3.05, 3.63) is 23.8 Å². The number of thioether (sulfide) groups is 1. The third-order valence-electron chi connectivity index (χ3n) is 3.32. The number of anilines is 1. The summed E-state index contributed by atoms with van der Waals surface area (Å²) in [5.41, 5.74) is 0.977. The molecule has 4 N–H and O–H groups in total. The number of amides is 2. The molecule has 2 heterocycles. The third-order valence-corrected chi connectivity index (χ3v) is 5.26. The normalized spacial score (nSPS) is 10.6.